The number of allylic oxidation sites excluding steroid dienone is 4. The number of nitrogens with one attached hydrogen (secondary N) is 1. The highest BCUT2D eigenvalue weighted by Crippen LogP contribution is 2.39. The van der Waals surface area contributed by atoms with Gasteiger partial charge in [-0.1, -0.05) is 115 Å². The largest absolute Gasteiger partial charge is 0.497 e. The van der Waals surface area contributed by atoms with Gasteiger partial charge in [0.1, 0.15) is 5.75 Å². The van der Waals surface area contributed by atoms with Crippen molar-refractivity contribution in [2.75, 3.05) is 7.11 Å². The number of methoxy groups -OCH3 is 1. The van der Waals surface area contributed by atoms with Gasteiger partial charge in [0.05, 0.1) is 18.2 Å². The lowest BCUT2D eigenvalue weighted by Crippen LogP contribution is -2.15. The van der Waals surface area contributed by atoms with Crippen LogP contribution in [0.15, 0.2) is 66.1 Å². The summed E-state index contributed by atoms with van der Waals surface area (Å²) in [4.78, 5) is 1.22. The molecule has 1 saturated carbocycles. The van der Waals surface area contributed by atoms with Crippen molar-refractivity contribution in [3.63, 3.8) is 0 Å². The summed E-state index contributed by atoms with van der Waals surface area (Å²) in [7, 11) is 1.68. The molecular weight excluding hydrogens is 446 g/mol. The van der Waals surface area contributed by atoms with Crippen LogP contribution in [-0.2, 0) is 0 Å². The molecule has 1 heterocycles. The van der Waals surface area contributed by atoms with Gasteiger partial charge >= 0.3 is 0 Å². The highest BCUT2D eigenvalue weighted by Gasteiger charge is 2.22. The van der Waals surface area contributed by atoms with Crippen molar-refractivity contribution in [1.82, 2.24) is 5.32 Å². The number of hydrogen-bond donors (Lipinski definition) is 1. The van der Waals surface area contributed by atoms with E-state index >= 15 is 0 Å². The third-order valence-electron chi connectivity index (χ3n) is 5.76. The van der Waals surface area contributed by atoms with Crippen LogP contribution in [0.1, 0.15) is 105 Å². The molecule has 1 fully saturated rings. The van der Waals surface area contributed by atoms with Crippen LogP contribution in [0.25, 0.3) is 5.70 Å². The Bertz CT molecular complexity index is 737. The van der Waals surface area contributed by atoms with Gasteiger partial charge in [0.2, 0.25) is 0 Å². The zero-order valence-corrected chi connectivity index (χ0v) is 24.6. The number of unbranched alkanes of at least 4 members (excludes halogenated alkanes) is 4. The lowest BCUT2D eigenvalue weighted by Gasteiger charge is -2.09. The Morgan fingerprint density at radius 3 is 1.97 bits per heavy atom. The average Bonchev–Trinajstić information content (AvgIpc) is 3.49. The first-order chi connectivity index (χ1) is 16.9. The molecule has 0 saturated heterocycles. The Kier molecular flexibility index (Phi) is 20.3. The molecule has 0 bridgehead atoms. The van der Waals surface area contributed by atoms with Gasteiger partial charge in [-0.25, -0.2) is 0 Å². The van der Waals surface area contributed by atoms with Crippen molar-refractivity contribution < 1.29 is 4.74 Å². The van der Waals surface area contributed by atoms with Gasteiger partial charge in [0, 0.05) is 4.91 Å². The maximum absolute atomic E-state index is 5.20. The first kappa shape index (κ1) is 33.1. The molecule has 1 aromatic rings. The maximum atomic E-state index is 5.20. The van der Waals surface area contributed by atoms with Crippen LogP contribution < -0.4 is 10.1 Å². The summed E-state index contributed by atoms with van der Waals surface area (Å²) in [5, 5.41) is 3.87. The lowest BCUT2D eigenvalue weighted by molar-refractivity contribution is 0.415. The van der Waals surface area contributed by atoms with Crippen molar-refractivity contribution in [3.8, 4) is 5.75 Å². The molecule has 1 aliphatic carbocycles. The van der Waals surface area contributed by atoms with E-state index in [1.165, 1.54) is 68.3 Å². The lowest BCUT2D eigenvalue weighted by atomic mass is 10.1. The van der Waals surface area contributed by atoms with Crippen molar-refractivity contribution >= 4 is 17.5 Å². The summed E-state index contributed by atoms with van der Waals surface area (Å²) in [6.07, 6.45) is 18.8. The van der Waals surface area contributed by atoms with E-state index in [0.717, 1.165) is 22.9 Å². The predicted octanol–water partition coefficient (Wildman–Crippen LogP) is 10.5. The summed E-state index contributed by atoms with van der Waals surface area (Å²) in [5.41, 5.74) is 3.37. The van der Waals surface area contributed by atoms with E-state index in [1.54, 1.807) is 13.2 Å². The third kappa shape index (κ3) is 15.0. The van der Waals surface area contributed by atoms with Crippen LogP contribution in [0, 0.1) is 5.92 Å². The SMILES string of the molecule is C=C(/C=C\C)C1=C(c2ccc(OC)cc2)NC(C)S1.C=CC.CC1CCCC1.CCCCCCC. The van der Waals surface area contributed by atoms with E-state index in [1.807, 2.05) is 49.9 Å². The number of benzene rings is 1. The molecule has 1 atom stereocenters. The summed E-state index contributed by atoms with van der Waals surface area (Å²) in [6.45, 7) is 20.4. The highest BCUT2D eigenvalue weighted by atomic mass is 32.2. The standard InChI is InChI=1S/C16H19NOS.C7H16.C6H12.C3H6/c1-5-6-11(2)16-15(17-12(3)19-16)13-7-9-14(18-4)10-8-13;1-3-5-7-6-4-2;1-6-4-2-3-5-6;1-3-2/h5-10,12,17H,2H2,1,3-4H3;3-7H2,1-2H3;6H,2-5H2,1H3;3H,1H2,2H3/b6-5-;;;. The first-order valence-electron chi connectivity index (χ1n) is 13.6. The van der Waals surface area contributed by atoms with Gasteiger partial charge in [0.15, 0.2) is 0 Å². The molecule has 3 rings (SSSR count). The third-order valence-corrected chi connectivity index (χ3v) is 6.93. The topological polar surface area (TPSA) is 21.3 Å². The second-order valence-electron chi connectivity index (χ2n) is 9.22. The van der Waals surface area contributed by atoms with E-state index < -0.39 is 0 Å². The van der Waals surface area contributed by atoms with Crippen molar-refractivity contribution in [2.24, 2.45) is 5.92 Å². The van der Waals surface area contributed by atoms with Crippen LogP contribution in [0.2, 0.25) is 0 Å². The normalized spacial score (nSPS) is 16.8. The molecule has 0 radical (unpaired) electrons. The van der Waals surface area contributed by atoms with Gasteiger partial charge in [-0.15, -0.1) is 6.58 Å². The zero-order valence-electron chi connectivity index (χ0n) is 23.8. The summed E-state index contributed by atoms with van der Waals surface area (Å²) in [6, 6.07) is 8.10. The fraction of sp³-hybridized carbons (Fsp3) is 0.562. The maximum Gasteiger partial charge on any atom is 0.118 e. The molecule has 0 spiro atoms. The van der Waals surface area contributed by atoms with Crippen LogP contribution >= 0.6 is 11.8 Å². The van der Waals surface area contributed by atoms with Gasteiger partial charge in [-0.3, -0.25) is 0 Å². The van der Waals surface area contributed by atoms with Crippen molar-refractivity contribution in [1.29, 1.82) is 0 Å². The Morgan fingerprint density at radius 1 is 1.03 bits per heavy atom. The van der Waals surface area contributed by atoms with Gasteiger partial charge in [0.25, 0.3) is 0 Å². The monoisotopic (exact) mass is 499 g/mol. The van der Waals surface area contributed by atoms with Crippen LogP contribution in [-0.4, -0.2) is 12.5 Å². The second kappa shape index (κ2) is 21.4. The fourth-order valence-electron chi connectivity index (χ4n) is 3.83. The minimum Gasteiger partial charge on any atom is -0.497 e. The Balaban J connectivity index is 0.000000589. The minimum absolute atomic E-state index is 0.370. The smallest absolute Gasteiger partial charge is 0.118 e. The van der Waals surface area contributed by atoms with Gasteiger partial charge < -0.3 is 10.1 Å². The number of hydrogen-bond acceptors (Lipinski definition) is 3. The molecule has 1 N–H and O–H groups in total. The van der Waals surface area contributed by atoms with E-state index in [0.29, 0.717) is 5.37 Å². The van der Waals surface area contributed by atoms with Crippen LogP contribution in [0.4, 0.5) is 0 Å². The minimum atomic E-state index is 0.370. The first-order valence-corrected chi connectivity index (χ1v) is 14.5. The molecule has 1 aromatic carbocycles. The molecule has 2 aliphatic rings. The molecule has 0 amide bonds. The summed E-state index contributed by atoms with van der Waals surface area (Å²) < 4.78 is 5.20. The number of ether oxygens (including phenoxy) is 1. The number of thioether (sulfide) groups is 1. The van der Waals surface area contributed by atoms with Gasteiger partial charge in [-0.05, 0) is 62.1 Å². The number of rotatable bonds is 8. The fourth-order valence-corrected chi connectivity index (χ4v) is 4.87. The van der Waals surface area contributed by atoms with Crippen molar-refractivity contribution in [3.05, 3.63) is 71.7 Å². The van der Waals surface area contributed by atoms with Crippen LogP contribution in [0.5, 0.6) is 5.75 Å². The molecule has 1 unspecified atom stereocenters. The van der Waals surface area contributed by atoms with E-state index in [9.17, 15) is 0 Å². The van der Waals surface area contributed by atoms with Gasteiger partial charge in [-0.2, -0.15) is 0 Å². The molecule has 35 heavy (non-hydrogen) atoms. The molecule has 198 valence electrons. The molecule has 2 nitrogen and oxygen atoms in total. The highest BCUT2D eigenvalue weighted by molar-refractivity contribution is 8.04. The Morgan fingerprint density at radius 2 is 1.57 bits per heavy atom. The van der Waals surface area contributed by atoms with E-state index in [-0.39, 0.29) is 0 Å². The Hall–Kier alpha value is -1.87. The molecule has 1 aliphatic heterocycles. The predicted molar refractivity (Wildman–Crippen MR) is 162 cm³/mol. The quantitative estimate of drug-likeness (QED) is 0.218. The van der Waals surface area contributed by atoms with E-state index in [4.69, 9.17) is 4.74 Å². The zero-order chi connectivity index (χ0) is 26.5. The Labute approximate surface area is 222 Å². The summed E-state index contributed by atoms with van der Waals surface area (Å²) >= 11 is 1.81. The molecular formula is C32H53NOS. The second-order valence-corrected chi connectivity index (χ2v) is 10.6. The summed E-state index contributed by atoms with van der Waals surface area (Å²) in [5.74, 6) is 1.92. The van der Waals surface area contributed by atoms with Crippen molar-refractivity contribution in [2.45, 2.75) is 105 Å². The van der Waals surface area contributed by atoms with E-state index in [2.05, 4.69) is 58.3 Å². The average molecular weight is 500 g/mol. The molecule has 0 aromatic heterocycles. The molecule has 3 heteroatoms. The van der Waals surface area contributed by atoms with Crippen LogP contribution in [0.3, 0.4) is 0 Å².